The number of carbonyl (C=O) groups is 3. The quantitative estimate of drug-likeness (QED) is 0.657. The molecular weight excluding hydrogens is 372 g/mol. The van der Waals surface area contributed by atoms with E-state index in [2.05, 4.69) is 5.32 Å². The van der Waals surface area contributed by atoms with Crippen molar-refractivity contribution in [3.05, 3.63) is 65.7 Å². The highest BCUT2D eigenvalue weighted by Crippen LogP contribution is 2.20. The van der Waals surface area contributed by atoms with Gasteiger partial charge in [0.1, 0.15) is 17.9 Å². The number of likely N-dealkylation sites (N-methyl/N-ethyl adjacent to an activating group) is 1. The van der Waals surface area contributed by atoms with Crippen molar-refractivity contribution in [3.63, 3.8) is 0 Å². The summed E-state index contributed by atoms with van der Waals surface area (Å²) in [4.78, 5) is 37.6. The van der Waals surface area contributed by atoms with Gasteiger partial charge in [-0.1, -0.05) is 42.5 Å². The van der Waals surface area contributed by atoms with Crippen molar-refractivity contribution >= 4 is 17.8 Å². The zero-order chi connectivity index (χ0) is 20.6. The van der Waals surface area contributed by atoms with Crippen molar-refractivity contribution in [2.45, 2.75) is 25.5 Å². The van der Waals surface area contributed by atoms with Crippen molar-refractivity contribution in [2.75, 3.05) is 20.2 Å². The Morgan fingerprint density at radius 2 is 1.72 bits per heavy atom. The number of benzene rings is 2. The second-order valence-corrected chi connectivity index (χ2v) is 6.94. The summed E-state index contributed by atoms with van der Waals surface area (Å²) in [5.41, 5.74) is 1.21. The van der Waals surface area contributed by atoms with Gasteiger partial charge in [0.15, 0.2) is 6.61 Å². The van der Waals surface area contributed by atoms with Gasteiger partial charge in [-0.3, -0.25) is 9.59 Å². The normalized spacial score (nSPS) is 12.7. The van der Waals surface area contributed by atoms with Gasteiger partial charge in [0.2, 0.25) is 5.91 Å². The summed E-state index contributed by atoms with van der Waals surface area (Å²) in [6.45, 7) is -0.203. The molecule has 0 radical (unpaired) electrons. The summed E-state index contributed by atoms with van der Waals surface area (Å²) in [5, 5.41) is 2.81. The highest BCUT2D eigenvalue weighted by atomic mass is 16.5. The summed E-state index contributed by atoms with van der Waals surface area (Å²) in [6.07, 6.45) is 1.96. The largest absolute Gasteiger partial charge is 0.488 e. The Morgan fingerprint density at radius 1 is 1.03 bits per heavy atom. The van der Waals surface area contributed by atoms with Crippen LogP contribution in [0.4, 0.5) is 0 Å². The first-order chi connectivity index (χ1) is 14.0. The van der Waals surface area contributed by atoms with Crippen LogP contribution < -0.4 is 10.1 Å². The first kappa shape index (κ1) is 20.4. The van der Waals surface area contributed by atoms with Crippen molar-refractivity contribution < 1.29 is 23.9 Å². The number of hydrogen-bond donors (Lipinski definition) is 1. The molecule has 29 heavy (non-hydrogen) atoms. The average molecular weight is 396 g/mol. The fourth-order valence-electron chi connectivity index (χ4n) is 2.62. The smallest absolute Gasteiger partial charge is 0.342 e. The van der Waals surface area contributed by atoms with Crippen LogP contribution in [0, 0.1) is 0 Å². The Hall–Kier alpha value is -3.35. The molecule has 0 heterocycles. The number of carbonyl (C=O) groups excluding carboxylic acids is 3. The van der Waals surface area contributed by atoms with Gasteiger partial charge < -0.3 is 19.7 Å². The number of rotatable bonds is 9. The maximum Gasteiger partial charge on any atom is 0.342 e. The molecule has 0 spiro atoms. The molecule has 1 aliphatic rings. The van der Waals surface area contributed by atoms with Crippen LogP contribution in [0.25, 0.3) is 0 Å². The van der Waals surface area contributed by atoms with Gasteiger partial charge in [-0.2, -0.15) is 0 Å². The Kier molecular flexibility index (Phi) is 6.84. The van der Waals surface area contributed by atoms with E-state index in [1.165, 1.54) is 11.9 Å². The molecule has 0 saturated heterocycles. The Balaban J connectivity index is 1.50. The maximum atomic E-state index is 12.4. The molecule has 0 atom stereocenters. The molecule has 2 aromatic rings. The van der Waals surface area contributed by atoms with Gasteiger partial charge in [0, 0.05) is 13.1 Å². The molecule has 1 aliphatic carbocycles. The topological polar surface area (TPSA) is 84.9 Å². The summed E-state index contributed by atoms with van der Waals surface area (Å²) >= 11 is 0. The van der Waals surface area contributed by atoms with E-state index >= 15 is 0 Å². The molecule has 0 aliphatic heterocycles. The molecule has 1 N–H and O–H groups in total. The van der Waals surface area contributed by atoms with E-state index in [1.54, 1.807) is 24.3 Å². The maximum absolute atomic E-state index is 12.4. The van der Waals surface area contributed by atoms with Crippen LogP contribution in [-0.2, 0) is 20.9 Å². The van der Waals surface area contributed by atoms with Gasteiger partial charge >= 0.3 is 5.97 Å². The van der Waals surface area contributed by atoms with Crippen LogP contribution >= 0.6 is 0 Å². The Labute approximate surface area is 169 Å². The molecule has 2 aromatic carbocycles. The number of amides is 2. The van der Waals surface area contributed by atoms with Crippen molar-refractivity contribution in [3.8, 4) is 5.75 Å². The highest BCUT2D eigenvalue weighted by molar-refractivity contribution is 5.94. The Morgan fingerprint density at radius 3 is 2.45 bits per heavy atom. The minimum absolute atomic E-state index is 0.0658. The van der Waals surface area contributed by atoms with Crippen LogP contribution in [0.15, 0.2) is 54.6 Å². The molecule has 152 valence electrons. The molecular formula is C22H24N2O5. The molecule has 0 aromatic heterocycles. The van der Waals surface area contributed by atoms with Crippen molar-refractivity contribution in [1.29, 1.82) is 0 Å². The third-order valence-electron chi connectivity index (χ3n) is 4.42. The summed E-state index contributed by atoms with van der Waals surface area (Å²) in [6, 6.07) is 16.5. The minimum Gasteiger partial charge on any atom is -0.488 e. The predicted octanol–water partition coefficient (Wildman–Crippen LogP) is 2.16. The second kappa shape index (κ2) is 9.73. The lowest BCUT2D eigenvalue weighted by Gasteiger charge is -2.17. The van der Waals surface area contributed by atoms with Gasteiger partial charge in [0.05, 0.1) is 6.54 Å². The molecule has 7 nitrogen and oxygen atoms in total. The molecule has 0 unspecified atom stereocenters. The first-order valence-corrected chi connectivity index (χ1v) is 9.49. The fraction of sp³-hybridized carbons (Fsp3) is 0.318. The SMILES string of the molecule is CN(CC(=O)NC1CC1)C(=O)COC(=O)c1ccccc1OCc1ccccc1. The third-order valence-corrected chi connectivity index (χ3v) is 4.42. The van der Waals surface area contributed by atoms with Crippen LogP contribution in [0.3, 0.4) is 0 Å². The molecule has 2 amide bonds. The molecule has 7 heteroatoms. The van der Waals surface area contributed by atoms with Crippen molar-refractivity contribution in [2.24, 2.45) is 0 Å². The fourth-order valence-corrected chi connectivity index (χ4v) is 2.62. The lowest BCUT2D eigenvalue weighted by molar-refractivity contribution is -0.137. The standard InChI is InChI=1S/C22H24N2O5/c1-24(13-20(25)23-17-11-12-17)21(26)15-29-22(27)18-9-5-6-10-19(18)28-14-16-7-3-2-4-8-16/h2-10,17H,11-15H2,1H3,(H,23,25). The van der Waals surface area contributed by atoms with Gasteiger partial charge in [-0.05, 0) is 30.5 Å². The van der Waals surface area contributed by atoms with Gasteiger partial charge in [0.25, 0.3) is 5.91 Å². The number of ether oxygens (including phenoxy) is 2. The number of para-hydroxylation sites is 1. The number of nitrogens with zero attached hydrogens (tertiary/aromatic N) is 1. The van der Waals surface area contributed by atoms with E-state index < -0.39 is 18.5 Å². The molecule has 1 saturated carbocycles. The Bertz CT molecular complexity index is 865. The number of hydrogen-bond acceptors (Lipinski definition) is 5. The van der Waals surface area contributed by atoms with E-state index in [1.807, 2.05) is 30.3 Å². The van der Waals surface area contributed by atoms with E-state index in [-0.39, 0.29) is 24.1 Å². The third kappa shape index (κ3) is 6.34. The van der Waals surface area contributed by atoms with E-state index in [0.717, 1.165) is 18.4 Å². The van der Waals surface area contributed by atoms with Crippen LogP contribution in [0.2, 0.25) is 0 Å². The van der Waals surface area contributed by atoms with E-state index in [0.29, 0.717) is 12.4 Å². The van der Waals surface area contributed by atoms with Crippen LogP contribution in [-0.4, -0.2) is 48.9 Å². The minimum atomic E-state index is -0.655. The van der Waals surface area contributed by atoms with E-state index in [9.17, 15) is 14.4 Å². The van der Waals surface area contributed by atoms with Gasteiger partial charge in [-0.15, -0.1) is 0 Å². The van der Waals surface area contributed by atoms with E-state index in [4.69, 9.17) is 9.47 Å². The van der Waals surface area contributed by atoms with Crippen molar-refractivity contribution in [1.82, 2.24) is 10.2 Å². The highest BCUT2D eigenvalue weighted by Gasteiger charge is 2.24. The lowest BCUT2D eigenvalue weighted by Crippen LogP contribution is -2.40. The lowest BCUT2D eigenvalue weighted by atomic mass is 10.2. The second-order valence-electron chi connectivity index (χ2n) is 6.94. The summed E-state index contributed by atoms with van der Waals surface area (Å²) in [5.74, 6) is -0.940. The molecule has 0 bridgehead atoms. The first-order valence-electron chi connectivity index (χ1n) is 9.49. The number of esters is 1. The monoisotopic (exact) mass is 396 g/mol. The summed E-state index contributed by atoms with van der Waals surface area (Å²) in [7, 11) is 1.50. The summed E-state index contributed by atoms with van der Waals surface area (Å²) < 4.78 is 10.9. The zero-order valence-electron chi connectivity index (χ0n) is 16.3. The van der Waals surface area contributed by atoms with Crippen LogP contribution in [0.5, 0.6) is 5.75 Å². The number of nitrogens with one attached hydrogen (secondary N) is 1. The predicted molar refractivity (Wildman–Crippen MR) is 106 cm³/mol. The van der Waals surface area contributed by atoms with Crippen LogP contribution in [0.1, 0.15) is 28.8 Å². The molecule has 1 fully saturated rings. The molecule has 3 rings (SSSR count). The zero-order valence-corrected chi connectivity index (χ0v) is 16.3. The van der Waals surface area contributed by atoms with Gasteiger partial charge in [-0.25, -0.2) is 4.79 Å². The average Bonchev–Trinajstić information content (AvgIpc) is 3.55.